The molecule has 3 N–H and O–H groups in total. The van der Waals surface area contributed by atoms with Crippen LogP contribution in [0.15, 0.2) is 77.8 Å². The molecule has 214 valence electrons. The lowest BCUT2D eigenvalue weighted by Crippen LogP contribution is -2.29. The molecule has 0 saturated heterocycles. The van der Waals surface area contributed by atoms with Gasteiger partial charge in [-0.05, 0) is 68.9 Å². The molecule has 0 aliphatic rings. The Kier molecular flexibility index (Phi) is 9.57. The molecule has 0 bridgehead atoms. The minimum absolute atomic E-state index is 0.0252. The van der Waals surface area contributed by atoms with Gasteiger partial charge in [0, 0.05) is 54.3 Å². The summed E-state index contributed by atoms with van der Waals surface area (Å²) in [7, 11) is 5.66. The van der Waals surface area contributed by atoms with Crippen molar-refractivity contribution in [3.63, 3.8) is 0 Å². The minimum Gasteiger partial charge on any atom is -0.494 e. The zero-order chi connectivity index (χ0) is 29.5. The normalized spacial score (nSPS) is 11.8. The second-order valence-corrected chi connectivity index (χ2v) is 10.9. The first-order valence-electron chi connectivity index (χ1n) is 13.9. The lowest BCUT2D eigenvalue weighted by molar-refractivity contribution is -0.118. The number of benzene rings is 3. The molecule has 4 aromatic rings. The van der Waals surface area contributed by atoms with Gasteiger partial charge in [0.15, 0.2) is 5.88 Å². The smallest absolute Gasteiger partial charge is 0.251 e. The molecule has 41 heavy (non-hydrogen) atoms. The Morgan fingerprint density at radius 2 is 1.66 bits per heavy atom. The van der Waals surface area contributed by atoms with Gasteiger partial charge in [-0.3, -0.25) is 9.59 Å². The highest BCUT2D eigenvalue weighted by molar-refractivity contribution is 6.22. The summed E-state index contributed by atoms with van der Waals surface area (Å²) in [6.07, 6.45) is 1.33. The monoisotopic (exact) mass is 553 g/mol. The summed E-state index contributed by atoms with van der Waals surface area (Å²) in [5.41, 5.74) is 4.55. The van der Waals surface area contributed by atoms with Crippen molar-refractivity contribution in [2.45, 2.75) is 26.7 Å². The van der Waals surface area contributed by atoms with Crippen molar-refractivity contribution in [3.8, 4) is 5.88 Å². The number of aromatic nitrogens is 1. The molecule has 1 heterocycles. The average molecular weight is 554 g/mol. The summed E-state index contributed by atoms with van der Waals surface area (Å²) >= 11 is 0. The van der Waals surface area contributed by atoms with Crippen LogP contribution in [0.2, 0.25) is 0 Å². The number of rotatable bonds is 11. The van der Waals surface area contributed by atoms with E-state index in [1.807, 2.05) is 73.6 Å². The zero-order valence-electron chi connectivity index (χ0n) is 24.4. The number of carbonyl (C=O) groups excluding carboxylic acids is 2. The van der Waals surface area contributed by atoms with E-state index in [1.165, 1.54) is 0 Å². The van der Waals surface area contributed by atoms with E-state index in [-0.39, 0.29) is 17.7 Å². The second kappa shape index (κ2) is 13.3. The minimum atomic E-state index is -0.155. The standard InChI is InChI=1S/C33H39N5O3/c1-22(2)17-19-34-32(40)24-11-16-28-27(21-24)30(33(41)36-28)31(23-9-7-6-8-10-23)35-25-12-14-26(15-13-25)38(5)29(39)18-20-37(3)4/h6-16,21-22,36,41H,17-20H2,1-5H3,(H,34,40). The molecule has 0 spiro atoms. The first kappa shape index (κ1) is 29.6. The van der Waals surface area contributed by atoms with Gasteiger partial charge in [0.25, 0.3) is 5.91 Å². The first-order chi connectivity index (χ1) is 19.6. The van der Waals surface area contributed by atoms with E-state index >= 15 is 0 Å². The number of aliphatic imine (C=N–C) groups is 1. The van der Waals surface area contributed by atoms with Crippen molar-refractivity contribution in [2.24, 2.45) is 10.9 Å². The summed E-state index contributed by atoms with van der Waals surface area (Å²) < 4.78 is 0. The van der Waals surface area contributed by atoms with Crippen molar-refractivity contribution >= 4 is 39.8 Å². The van der Waals surface area contributed by atoms with Crippen LogP contribution in [0.5, 0.6) is 5.88 Å². The van der Waals surface area contributed by atoms with Gasteiger partial charge in [-0.15, -0.1) is 0 Å². The van der Waals surface area contributed by atoms with Crippen molar-refractivity contribution in [3.05, 3.63) is 89.5 Å². The van der Waals surface area contributed by atoms with Crippen LogP contribution in [0.1, 0.15) is 48.2 Å². The number of nitrogens with zero attached hydrogens (tertiary/aromatic N) is 3. The maximum Gasteiger partial charge on any atom is 0.251 e. The fourth-order valence-electron chi connectivity index (χ4n) is 4.51. The molecule has 0 saturated carbocycles. The Morgan fingerprint density at radius 1 is 0.951 bits per heavy atom. The van der Waals surface area contributed by atoms with E-state index in [4.69, 9.17) is 4.99 Å². The summed E-state index contributed by atoms with van der Waals surface area (Å²) in [6.45, 7) is 5.52. The molecule has 0 aliphatic carbocycles. The van der Waals surface area contributed by atoms with Gasteiger partial charge in [0.1, 0.15) is 0 Å². The molecule has 0 aliphatic heterocycles. The van der Waals surface area contributed by atoms with Gasteiger partial charge in [-0.25, -0.2) is 4.99 Å². The predicted octanol–water partition coefficient (Wildman–Crippen LogP) is 5.73. The highest BCUT2D eigenvalue weighted by atomic mass is 16.3. The van der Waals surface area contributed by atoms with E-state index in [2.05, 4.69) is 24.1 Å². The molecule has 0 radical (unpaired) electrons. The predicted molar refractivity (Wildman–Crippen MR) is 167 cm³/mol. The fraction of sp³-hybridized carbons (Fsp3) is 0.303. The molecule has 4 rings (SSSR count). The number of aromatic hydroxyl groups is 1. The average Bonchev–Trinajstić information content (AvgIpc) is 3.29. The van der Waals surface area contributed by atoms with Gasteiger partial charge < -0.3 is 25.2 Å². The molecule has 8 heteroatoms. The molecule has 3 aromatic carbocycles. The van der Waals surface area contributed by atoms with Crippen LogP contribution in [0, 0.1) is 5.92 Å². The maximum atomic E-state index is 12.9. The third-order valence-corrected chi connectivity index (χ3v) is 6.96. The van der Waals surface area contributed by atoms with Crippen LogP contribution in [0.3, 0.4) is 0 Å². The molecule has 8 nitrogen and oxygen atoms in total. The molecular formula is C33H39N5O3. The third kappa shape index (κ3) is 7.41. The summed E-state index contributed by atoms with van der Waals surface area (Å²) in [4.78, 5) is 37.1. The SMILES string of the molecule is CC(C)CCNC(=O)c1ccc2[nH]c(O)c(C(=Nc3ccc(N(C)C(=O)CCN(C)C)cc3)c3ccccc3)c2c1. The zero-order valence-corrected chi connectivity index (χ0v) is 24.4. The van der Waals surface area contributed by atoms with E-state index in [0.29, 0.717) is 58.9 Å². The quantitative estimate of drug-likeness (QED) is 0.206. The van der Waals surface area contributed by atoms with Gasteiger partial charge in [-0.1, -0.05) is 44.2 Å². The van der Waals surface area contributed by atoms with Gasteiger partial charge in [0.05, 0.1) is 17.0 Å². The lowest BCUT2D eigenvalue weighted by Gasteiger charge is -2.19. The second-order valence-electron chi connectivity index (χ2n) is 10.9. The van der Waals surface area contributed by atoms with Crippen molar-refractivity contribution < 1.29 is 14.7 Å². The van der Waals surface area contributed by atoms with Gasteiger partial charge in [-0.2, -0.15) is 0 Å². The van der Waals surface area contributed by atoms with Crippen LogP contribution in [0.4, 0.5) is 11.4 Å². The summed E-state index contributed by atoms with van der Waals surface area (Å²) in [5, 5.41) is 14.7. The Bertz CT molecular complexity index is 1520. The van der Waals surface area contributed by atoms with Crippen molar-refractivity contribution in [1.82, 2.24) is 15.2 Å². The highest BCUT2D eigenvalue weighted by Gasteiger charge is 2.20. The van der Waals surface area contributed by atoms with Gasteiger partial charge in [0.2, 0.25) is 5.91 Å². The van der Waals surface area contributed by atoms with Crippen LogP contribution in [-0.4, -0.2) is 66.7 Å². The van der Waals surface area contributed by atoms with Crippen LogP contribution in [-0.2, 0) is 4.79 Å². The first-order valence-corrected chi connectivity index (χ1v) is 13.9. The number of anilines is 1. The fourth-order valence-corrected chi connectivity index (χ4v) is 4.51. The largest absolute Gasteiger partial charge is 0.494 e. The highest BCUT2D eigenvalue weighted by Crippen LogP contribution is 2.32. The molecule has 0 fully saturated rings. The molecule has 0 atom stereocenters. The molecule has 1 aromatic heterocycles. The van der Waals surface area contributed by atoms with Gasteiger partial charge >= 0.3 is 0 Å². The number of H-pyrrole nitrogens is 1. The Labute approximate surface area is 241 Å². The van der Waals surface area contributed by atoms with Crippen LogP contribution < -0.4 is 10.2 Å². The number of aromatic amines is 1. The molecule has 2 amide bonds. The number of hydrogen-bond donors (Lipinski definition) is 3. The van der Waals surface area contributed by atoms with E-state index < -0.39 is 0 Å². The van der Waals surface area contributed by atoms with E-state index in [0.717, 1.165) is 17.7 Å². The summed E-state index contributed by atoms with van der Waals surface area (Å²) in [6, 6.07) is 22.4. The molecular weight excluding hydrogens is 514 g/mol. The Hall–Kier alpha value is -4.43. The van der Waals surface area contributed by atoms with E-state index in [1.54, 1.807) is 30.1 Å². The number of nitrogens with one attached hydrogen (secondary N) is 2. The number of amides is 2. The number of carbonyl (C=O) groups is 2. The number of fused-ring (bicyclic) bond motifs is 1. The topological polar surface area (TPSA) is 101 Å². The molecule has 0 unspecified atom stereocenters. The summed E-state index contributed by atoms with van der Waals surface area (Å²) in [5.74, 6) is 0.349. The maximum absolute atomic E-state index is 12.9. The number of hydrogen-bond acceptors (Lipinski definition) is 5. The lowest BCUT2D eigenvalue weighted by atomic mass is 9.99. The van der Waals surface area contributed by atoms with Crippen LogP contribution >= 0.6 is 0 Å². The van der Waals surface area contributed by atoms with Crippen molar-refractivity contribution in [1.29, 1.82) is 0 Å². The third-order valence-electron chi connectivity index (χ3n) is 6.96. The van der Waals surface area contributed by atoms with Crippen molar-refractivity contribution in [2.75, 3.05) is 39.1 Å². The van der Waals surface area contributed by atoms with Crippen LogP contribution in [0.25, 0.3) is 10.9 Å². The Morgan fingerprint density at radius 3 is 2.32 bits per heavy atom. The Balaban J connectivity index is 1.70. The van der Waals surface area contributed by atoms with E-state index in [9.17, 15) is 14.7 Å².